The molecule has 1 aliphatic carbocycles. The number of ether oxygens (including phenoxy) is 1. The number of benzene rings is 1. The summed E-state index contributed by atoms with van der Waals surface area (Å²) in [7, 11) is 0. The summed E-state index contributed by atoms with van der Waals surface area (Å²) in [6, 6.07) is 9.73. The Morgan fingerprint density at radius 3 is 2.78 bits per heavy atom. The van der Waals surface area contributed by atoms with E-state index in [1.165, 1.54) is 19.3 Å². The number of carbonyl (C=O) groups excluding carboxylic acids is 1. The molecule has 0 spiro atoms. The van der Waals surface area contributed by atoms with Crippen LogP contribution in [0.4, 0.5) is 4.79 Å². The summed E-state index contributed by atoms with van der Waals surface area (Å²) < 4.78 is 5.16. The summed E-state index contributed by atoms with van der Waals surface area (Å²) in [4.78, 5) is 11.5. The molecule has 0 aromatic heterocycles. The summed E-state index contributed by atoms with van der Waals surface area (Å²) in [5.41, 5.74) is 1.02. The molecule has 3 nitrogen and oxygen atoms in total. The van der Waals surface area contributed by atoms with Crippen LogP contribution in [0, 0.1) is 11.8 Å². The second-order valence-corrected chi connectivity index (χ2v) is 5.23. The average Bonchev–Trinajstić information content (AvgIpc) is 2.81. The highest BCUT2D eigenvalue weighted by Gasteiger charge is 2.21. The van der Waals surface area contributed by atoms with Crippen LogP contribution in [0.1, 0.15) is 31.7 Å². The number of hydrogen-bond acceptors (Lipinski definition) is 2. The van der Waals surface area contributed by atoms with Gasteiger partial charge in [-0.1, -0.05) is 43.7 Å². The summed E-state index contributed by atoms with van der Waals surface area (Å²) >= 11 is 0. The summed E-state index contributed by atoms with van der Waals surface area (Å²) in [5.74, 6) is 1.43. The van der Waals surface area contributed by atoms with E-state index in [2.05, 4.69) is 12.2 Å². The first-order valence-corrected chi connectivity index (χ1v) is 6.68. The first-order chi connectivity index (χ1) is 8.74. The van der Waals surface area contributed by atoms with Gasteiger partial charge in [-0.2, -0.15) is 0 Å². The van der Waals surface area contributed by atoms with E-state index in [0.717, 1.165) is 18.0 Å². The van der Waals surface area contributed by atoms with Crippen molar-refractivity contribution in [3.05, 3.63) is 35.9 Å². The zero-order valence-electron chi connectivity index (χ0n) is 10.9. The van der Waals surface area contributed by atoms with Crippen molar-refractivity contribution in [2.45, 2.75) is 32.8 Å². The van der Waals surface area contributed by atoms with Crippen LogP contribution in [-0.2, 0) is 11.3 Å². The van der Waals surface area contributed by atoms with Crippen LogP contribution in [-0.4, -0.2) is 12.6 Å². The van der Waals surface area contributed by atoms with E-state index in [4.69, 9.17) is 4.74 Å². The summed E-state index contributed by atoms with van der Waals surface area (Å²) in [6.07, 6.45) is 3.42. The highest BCUT2D eigenvalue weighted by molar-refractivity contribution is 5.67. The molecule has 2 atom stereocenters. The lowest BCUT2D eigenvalue weighted by atomic mass is 10.1. The molecule has 1 N–H and O–H groups in total. The third-order valence-electron chi connectivity index (χ3n) is 3.55. The molecule has 1 aliphatic rings. The van der Waals surface area contributed by atoms with E-state index in [1.54, 1.807) is 0 Å². The summed E-state index contributed by atoms with van der Waals surface area (Å²) in [5, 5.41) is 2.85. The highest BCUT2D eigenvalue weighted by atomic mass is 16.5. The van der Waals surface area contributed by atoms with Crippen molar-refractivity contribution < 1.29 is 9.53 Å². The van der Waals surface area contributed by atoms with Crippen molar-refractivity contribution in [2.75, 3.05) is 6.54 Å². The van der Waals surface area contributed by atoms with Gasteiger partial charge in [0.2, 0.25) is 0 Å². The highest BCUT2D eigenvalue weighted by Crippen LogP contribution is 2.29. The number of carbonyl (C=O) groups is 1. The van der Waals surface area contributed by atoms with E-state index in [0.29, 0.717) is 12.5 Å². The van der Waals surface area contributed by atoms with Gasteiger partial charge in [-0.05, 0) is 30.2 Å². The van der Waals surface area contributed by atoms with Crippen LogP contribution >= 0.6 is 0 Å². The minimum atomic E-state index is -0.307. The fraction of sp³-hybridized carbons (Fsp3) is 0.533. The normalized spacial score (nSPS) is 22.7. The number of rotatable bonds is 4. The lowest BCUT2D eigenvalue weighted by Gasteiger charge is -2.11. The van der Waals surface area contributed by atoms with Gasteiger partial charge in [-0.25, -0.2) is 4.79 Å². The van der Waals surface area contributed by atoms with Crippen LogP contribution in [0.2, 0.25) is 0 Å². The minimum absolute atomic E-state index is 0.307. The maximum absolute atomic E-state index is 11.5. The van der Waals surface area contributed by atoms with Crippen LogP contribution in [0.5, 0.6) is 0 Å². The lowest BCUT2D eigenvalue weighted by molar-refractivity contribution is 0.138. The molecule has 18 heavy (non-hydrogen) atoms. The van der Waals surface area contributed by atoms with Crippen molar-refractivity contribution in [1.82, 2.24) is 5.32 Å². The maximum Gasteiger partial charge on any atom is 0.407 e. The molecule has 1 aromatic rings. The second-order valence-electron chi connectivity index (χ2n) is 5.23. The Kier molecular flexibility index (Phi) is 4.62. The minimum Gasteiger partial charge on any atom is -0.445 e. The van der Waals surface area contributed by atoms with Gasteiger partial charge < -0.3 is 10.1 Å². The van der Waals surface area contributed by atoms with Gasteiger partial charge in [0.15, 0.2) is 0 Å². The topological polar surface area (TPSA) is 38.3 Å². The van der Waals surface area contributed by atoms with Gasteiger partial charge in [0.05, 0.1) is 0 Å². The zero-order chi connectivity index (χ0) is 12.8. The first kappa shape index (κ1) is 12.9. The van der Waals surface area contributed by atoms with E-state index in [9.17, 15) is 4.79 Å². The number of amides is 1. The second kappa shape index (κ2) is 6.43. The molecular formula is C15H21NO2. The predicted octanol–water partition coefficient (Wildman–Crippen LogP) is 3.35. The van der Waals surface area contributed by atoms with E-state index < -0.39 is 0 Å². The SMILES string of the molecule is CC1CCC(CNC(=O)OCc2ccccc2)C1. The van der Waals surface area contributed by atoms with E-state index >= 15 is 0 Å². The molecule has 0 saturated heterocycles. The molecule has 2 rings (SSSR count). The Morgan fingerprint density at radius 2 is 2.11 bits per heavy atom. The van der Waals surface area contributed by atoms with Gasteiger partial charge in [-0.3, -0.25) is 0 Å². The Balaban J connectivity index is 1.63. The third kappa shape index (κ3) is 4.06. The molecule has 1 fully saturated rings. The molecule has 1 saturated carbocycles. The Bertz CT molecular complexity index is 377. The quantitative estimate of drug-likeness (QED) is 0.886. The van der Waals surface area contributed by atoms with E-state index in [-0.39, 0.29) is 6.09 Å². The predicted molar refractivity (Wildman–Crippen MR) is 71.1 cm³/mol. The third-order valence-corrected chi connectivity index (χ3v) is 3.55. The van der Waals surface area contributed by atoms with Crippen molar-refractivity contribution >= 4 is 6.09 Å². The van der Waals surface area contributed by atoms with Gasteiger partial charge in [-0.15, -0.1) is 0 Å². The van der Waals surface area contributed by atoms with Gasteiger partial charge >= 0.3 is 6.09 Å². The largest absolute Gasteiger partial charge is 0.445 e. The first-order valence-electron chi connectivity index (χ1n) is 6.68. The molecular weight excluding hydrogens is 226 g/mol. The molecule has 0 aliphatic heterocycles. The summed E-state index contributed by atoms with van der Waals surface area (Å²) in [6.45, 7) is 3.36. The standard InChI is InChI=1S/C15H21NO2/c1-12-7-8-14(9-12)10-16-15(17)18-11-13-5-3-2-4-6-13/h2-6,12,14H,7-11H2,1H3,(H,16,17). The molecule has 2 unspecified atom stereocenters. The van der Waals surface area contributed by atoms with Crippen LogP contribution in [0.3, 0.4) is 0 Å². The van der Waals surface area contributed by atoms with Gasteiger partial charge in [0.1, 0.15) is 6.61 Å². The number of alkyl carbamates (subject to hydrolysis) is 1. The van der Waals surface area contributed by atoms with E-state index in [1.807, 2.05) is 30.3 Å². The molecule has 0 radical (unpaired) electrons. The van der Waals surface area contributed by atoms with Crippen LogP contribution < -0.4 is 5.32 Å². The number of nitrogens with one attached hydrogen (secondary N) is 1. The molecule has 0 bridgehead atoms. The van der Waals surface area contributed by atoms with Gasteiger partial charge in [0, 0.05) is 6.54 Å². The number of hydrogen-bond donors (Lipinski definition) is 1. The monoisotopic (exact) mass is 247 g/mol. The zero-order valence-corrected chi connectivity index (χ0v) is 10.9. The Labute approximate surface area is 109 Å². The lowest BCUT2D eigenvalue weighted by Crippen LogP contribution is -2.29. The Morgan fingerprint density at radius 1 is 1.33 bits per heavy atom. The molecule has 0 heterocycles. The van der Waals surface area contributed by atoms with Crippen LogP contribution in [0.15, 0.2) is 30.3 Å². The van der Waals surface area contributed by atoms with Crippen molar-refractivity contribution in [2.24, 2.45) is 11.8 Å². The average molecular weight is 247 g/mol. The molecule has 98 valence electrons. The Hall–Kier alpha value is -1.51. The smallest absolute Gasteiger partial charge is 0.407 e. The molecule has 1 aromatic carbocycles. The molecule has 3 heteroatoms. The van der Waals surface area contributed by atoms with Crippen molar-refractivity contribution in [3.63, 3.8) is 0 Å². The van der Waals surface area contributed by atoms with Crippen LogP contribution in [0.25, 0.3) is 0 Å². The van der Waals surface area contributed by atoms with Crippen molar-refractivity contribution in [1.29, 1.82) is 0 Å². The molecule has 1 amide bonds. The van der Waals surface area contributed by atoms with Crippen molar-refractivity contribution in [3.8, 4) is 0 Å². The fourth-order valence-electron chi connectivity index (χ4n) is 2.51. The maximum atomic E-state index is 11.5. The fourth-order valence-corrected chi connectivity index (χ4v) is 2.51. The van der Waals surface area contributed by atoms with Gasteiger partial charge in [0.25, 0.3) is 0 Å².